The van der Waals surface area contributed by atoms with Crippen molar-refractivity contribution in [2.75, 3.05) is 27.3 Å². The van der Waals surface area contributed by atoms with E-state index in [0.29, 0.717) is 36.1 Å². The predicted octanol–water partition coefficient (Wildman–Crippen LogP) is 2.87. The standard InChI is InChI=1S/C18H22N2O3/c1-13-6-8-20(9-7-13)18(21)15(12-19)10-14-4-5-16(22-2)11-17(14)23-3/h4-5,10-11,13H,6-9H2,1-3H3. The molecule has 0 unspecified atom stereocenters. The number of rotatable bonds is 4. The molecule has 1 aromatic carbocycles. The molecule has 1 saturated heterocycles. The minimum atomic E-state index is -0.211. The molecule has 0 saturated carbocycles. The summed E-state index contributed by atoms with van der Waals surface area (Å²) in [5.41, 5.74) is 0.812. The van der Waals surface area contributed by atoms with Gasteiger partial charge in [0.05, 0.1) is 14.2 Å². The number of piperidine rings is 1. The number of hydrogen-bond acceptors (Lipinski definition) is 4. The molecule has 122 valence electrons. The van der Waals surface area contributed by atoms with Crippen molar-refractivity contribution < 1.29 is 14.3 Å². The highest BCUT2D eigenvalue weighted by Crippen LogP contribution is 2.27. The van der Waals surface area contributed by atoms with E-state index in [1.807, 2.05) is 6.07 Å². The lowest BCUT2D eigenvalue weighted by atomic mass is 9.98. The number of ether oxygens (including phenoxy) is 2. The third-order valence-electron chi connectivity index (χ3n) is 4.16. The zero-order valence-electron chi connectivity index (χ0n) is 13.8. The van der Waals surface area contributed by atoms with Gasteiger partial charge >= 0.3 is 0 Å². The summed E-state index contributed by atoms with van der Waals surface area (Å²) in [6.07, 6.45) is 3.55. The van der Waals surface area contributed by atoms with Crippen molar-refractivity contribution in [2.24, 2.45) is 5.92 Å². The third kappa shape index (κ3) is 4.04. The second-order valence-electron chi connectivity index (χ2n) is 5.75. The zero-order chi connectivity index (χ0) is 16.8. The van der Waals surface area contributed by atoms with Gasteiger partial charge in [-0.25, -0.2) is 0 Å². The van der Waals surface area contributed by atoms with E-state index in [-0.39, 0.29) is 11.5 Å². The number of nitrogens with zero attached hydrogens (tertiary/aromatic N) is 2. The number of carbonyl (C=O) groups excluding carboxylic acids is 1. The molecule has 0 spiro atoms. The van der Waals surface area contributed by atoms with E-state index in [2.05, 4.69) is 6.92 Å². The van der Waals surface area contributed by atoms with E-state index in [4.69, 9.17) is 9.47 Å². The molecule has 1 heterocycles. The maximum Gasteiger partial charge on any atom is 0.264 e. The van der Waals surface area contributed by atoms with Crippen molar-refractivity contribution >= 4 is 12.0 Å². The van der Waals surface area contributed by atoms with Crippen LogP contribution in [0.15, 0.2) is 23.8 Å². The molecule has 0 N–H and O–H groups in total. The Labute approximate surface area is 137 Å². The Morgan fingerprint density at radius 1 is 1.30 bits per heavy atom. The SMILES string of the molecule is COc1ccc(C=C(C#N)C(=O)N2CCC(C)CC2)c(OC)c1. The van der Waals surface area contributed by atoms with Gasteiger partial charge in [0.1, 0.15) is 23.1 Å². The van der Waals surface area contributed by atoms with Crippen LogP contribution < -0.4 is 9.47 Å². The molecule has 0 bridgehead atoms. The number of nitriles is 1. The molecule has 5 nitrogen and oxygen atoms in total. The van der Waals surface area contributed by atoms with Gasteiger partial charge in [0.2, 0.25) is 0 Å². The van der Waals surface area contributed by atoms with Crippen LogP contribution in [0.4, 0.5) is 0 Å². The first-order chi connectivity index (χ1) is 11.1. The van der Waals surface area contributed by atoms with Crippen LogP contribution in [-0.2, 0) is 4.79 Å². The molecule has 1 aliphatic rings. The van der Waals surface area contributed by atoms with Crippen LogP contribution in [0.1, 0.15) is 25.3 Å². The fourth-order valence-electron chi connectivity index (χ4n) is 2.62. The largest absolute Gasteiger partial charge is 0.497 e. The van der Waals surface area contributed by atoms with Gasteiger partial charge in [-0.15, -0.1) is 0 Å². The zero-order valence-corrected chi connectivity index (χ0v) is 13.8. The summed E-state index contributed by atoms with van der Waals surface area (Å²) in [5.74, 6) is 1.65. The monoisotopic (exact) mass is 314 g/mol. The predicted molar refractivity (Wildman–Crippen MR) is 88.1 cm³/mol. The van der Waals surface area contributed by atoms with Gasteiger partial charge in [-0.3, -0.25) is 4.79 Å². The van der Waals surface area contributed by atoms with Crippen molar-refractivity contribution in [1.82, 2.24) is 4.90 Å². The molecular formula is C18H22N2O3. The molecule has 2 rings (SSSR count). The van der Waals surface area contributed by atoms with Crippen LogP contribution in [0.2, 0.25) is 0 Å². The first kappa shape index (κ1) is 16.9. The van der Waals surface area contributed by atoms with Gasteiger partial charge in [-0.05, 0) is 37.0 Å². The number of benzene rings is 1. The third-order valence-corrected chi connectivity index (χ3v) is 4.16. The number of carbonyl (C=O) groups is 1. The second-order valence-corrected chi connectivity index (χ2v) is 5.75. The van der Waals surface area contributed by atoms with E-state index >= 15 is 0 Å². The Hall–Kier alpha value is -2.48. The molecular weight excluding hydrogens is 292 g/mol. The van der Waals surface area contributed by atoms with Crippen molar-refractivity contribution in [3.63, 3.8) is 0 Å². The lowest BCUT2D eigenvalue weighted by Gasteiger charge is -2.30. The molecule has 1 fully saturated rings. The lowest BCUT2D eigenvalue weighted by molar-refractivity contribution is -0.127. The molecule has 5 heteroatoms. The Bertz CT molecular complexity index is 638. The van der Waals surface area contributed by atoms with Gasteiger partial charge in [0, 0.05) is 24.7 Å². The summed E-state index contributed by atoms with van der Waals surface area (Å²) in [6.45, 7) is 3.60. The van der Waals surface area contributed by atoms with Crippen LogP contribution >= 0.6 is 0 Å². The van der Waals surface area contributed by atoms with Crippen LogP contribution in [0, 0.1) is 17.2 Å². The van der Waals surface area contributed by atoms with Crippen molar-refractivity contribution in [3.8, 4) is 17.6 Å². The smallest absolute Gasteiger partial charge is 0.264 e. The second kappa shape index (κ2) is 7.68. The Kier molecular flexibility index (Phi) is 5.64. The van der Waals surface area contributed by atoms with Crippen molar-refractivity contribution in [1.29, 1.82) is 5.26 Å². The van der Waals surface area contributed by atoms with Gasteiger partial charge in [-0.2, -0.15) is 5.26 Å². The first-order valence-electron chi connectivity index (χ1n) is 7.72. The molecule has 0 aliphatic carbocycles. The average Bonchev–Trinajstić information content (AvgIpc) is 2.59. The van der Waals surface area contributed by atoms with Crippen molar-refractivity contribution in [2.45, 2.75) is 19.8 Å². The van der Waals surface area contributed by atoms with E-state index in [9.17, 15) is 10.1 Å². The molecule has 1 aromatic rings. The topological polar surface area (TPSA) is 62.6 Å². The highest BCUT2D eigenvalue weighted by Gasteiger charge is 2.23. The van der Waals surface area contributed by atoms with Gasteiger partial charge in [-0.1, -0.05) is 6.92 Å². The van der Waals surface area contributed by atoms with Crippen LogP contribution in [-0.4, -0.2) is 38.1 Å². The molecule has 23 heavy (non-hydrogen) atoms. The summed E-state index contributed by atoms with van der Waals surface area (Å²) in [5, 5.41) is 9.37. The number of likely N-dealkylation sites (tertiary alicyclic amines) is 1. The van der Waals surface area contributed by atoms with Crippen LogP contribution in [0.5, 0.6) is 11.5 Å². The number of amides is 1. The van der Waals surface area contributed by atoms with E-state index < -0.39 is 0 Å². The quantitative estimate of drug-likeness (QED) is 0.633. The van der Waals surface area contributed by atoms with Gasteiger partial charge < -0.3 is 14.4 Å². The fraction of sp³-hybridized carbons (Fsp3) is 0.444. The molecule has 1 amide bonds. The first-order valence-corrected chi connectivity index (χ1v) is 7.72. The average molecular weight is 314 g/mol. The highest BCUT2D eigenvalue weighted by atomic mass is 16.5. The van der Waals surface area contributed by atoms with E-state index in [1.165, 1.54) is 0 Å². The summed E-state index contributed by atoms with van der Waals surface area (Å²) in [6, 6.07) is 7.30. The minimum Gasteiger partial charge on any atom is -0.497 e. The summed E-state index contributed by atoms with van der Waals surface area (Å²) in [7, 11) is 3.12. The Morgan fingerprint density at radius 2 is 2.00 bits per heavy atom. The highest BCUT2D eigenvalue weighted by molar-refractivity contribution is 6.02. The van der Waals surface area contributed by atoms with Crippen LogP contribution in [0.25, 0.3) is 6.08 Å². The minimum absolute atomic E-state index is 0.128. The van der Waals surface area contributed by atoms with E-state index in [1.54, 1.807) is 43.4 Å². The van der Waals surface area contributed by atoms with Crippen LogP contribution in [0.3, 0.4) is 0 Å². The number of hydrogen-bond donors (Lipinski definition) is 0. The molecule has 0 atom stereocenters. The Morgan fingerprint density at radius 3 is 2.57 bits per heavy atom. The maximum absolute atomic E-state index is 12.5. The lowest BCUT2D eigenvalue weighted by Crippen LogP contribution is -2.38. The normalized spacial score (nSPS) is 15.9. The fourth-order valence-corrected chi connectivity index (χ4v) is 2.62. The summed E-state index contributed by atoms with van der Waals surface area (Å²) < 4.78 is 10.5. The Balaban J connectivity index is 2.25. The summed E-state index contributed by atoms with van der Waals surface area (Å²) >= 11 is 0. The molecule has 1 aliphatic heterocycles. The van der Waals surface area contributed by atoms with Crippen molar-refractivity contribution in [3.05, 3.63) is 29.3 Å². The maximum atomic E-state index is 12.5. The van der Waals surface area contributed by atoms with Gasteiger partial charge in [0.15, 0.2) is 0 Å². The summed E-state index contributed by atoms with van der Waals surface area (Å²) in [4.78, 5) is 14.3. The van der Waals surface area contributed by atoms with Gasteiger partial charge in [0.25, 0.3) is 5.91 Å². The molecule has 0 radical (unpaired) electrons. The molecule has 0 aromatic heterocycles. The number of methoxy groups -OCH3 is 2. The van der Waals surface area contributed by atoms with E-state index in [0.717, 1.165) is 12.8 Å².